The number of benzene rings is 2. The molecule has 0 radical (unpaired) electrons. The van der Waals surface area contributed by atoms with Crippen LogP contribution in [0.5, 0.6) is 0 Å². The Morgan fingerprint density at radius 3 is 2.11 bits per heavy atom. The van der Waals surface area contributed by atoms with E-state index >= 15 is 0 Å². The third-order valence-corrected chi connectivity index (χ3v) is 4.73. The zero-order valence-corrected chi connectivity index (χ0v) is 15.6. The topological polar surface area (TPSA) is 14.2 Å². The summed E-state index contributed by atoms with van der Waals surface area (Å²) in [5.74, 6) is 0. The third-order valence-electron chi connectivity index (χ3n) is 4.73. The molecule has 2 nitrogen and oxygen atoms in total. The second-order valence-corrected chi connectivity index (χ2v) is 6.63. The summed E-state index contributed by atoms with van der Waals surface area (Å²) < 4.78 is 45.9. The van der Waals surface area contributed by atoms with Gasteiger partial charge < -0.3 is 9.30 Å². The van der Waals surface area contributed by atoms with Crippen LogP contribution >= 0.6 is 0 Å². The number of rotatable bonds is 5. The van der Waals surface area contributed by atoms with Crippen LogP contribution in [0.25, 0.3) is 16.9 Å². The zero-order chi connectivity index (χ0) is 19.6. The summed E-state index contributed by atoms with van der Waals surface area (Å²) >= 11 is 0. The smallest absolute Gasteiger partial charge is 0.384 e. The lowest BCUT2D eigenvalue weighted by molar-refractivity contribution is -0.137. The molecule has 0 unspecified atom stereocenters. The number of hydrogen-bond acceptors (Lipinski definition) is 1. The summed E-state index contributed by atoms with van der Waals surface area (Å²) in [7, 11) is 1.66. The van der Waals surface area contributed by atoms with Gasteiger partial charge in [-0.1, -0.05) is 29.8 Å². The monoisotopic (exact) mass is 373 g/mol. The van der Waals surface area contributed by atoms with Crippen LogP contribution in [0.1, 0.15) is 22.4 Å². The first kappa shape index (κ1) is 19.2. The van der Waals surface area contributed by atoms with Gasteiger partial charge in [-0.2, -0.15) is 13.2 Å². The molecular weight excluding hydrogens is 351 g/mol. The van der Waals surface area contributed by atoms with Gasteiger partial charge in [-0.05, 0) is 61.7 Å². The molecule has 27 heavy (non-hydrogen) atoms. The highest BCUT2D eigenvalue weighted by Gasteiger charge is 2.30. The number of aromatic nitrogens is 1. The molecule has 5 heteroatoms. The molecular formula is C22H22F3NO. The minimum Gasteiger partial charge on any atom is -0.384 e. The van der Waals surface area contributed by atoms with E-state index in [9.17, 15) is 13.2 Å². The molecule has 0 saturated heterocycles. The SMILES string of the molecule is COCCc1cc(-c2ccc(C)cc2)n(-c2ccc(C(F)(F)F)cc2)c1C. The van der Waals surface area contributed by atoms with Crippen LogP contribution in [0.2, 0.25) is 0 Å². The Morgan fingerprint density at radius 2 is 1.56 bits per heavy atom. The van der Waals surface area contributed by atoms with E-state index in [1.54, 1.807) is 7.11 Å². The first-order valence-electron chi connectivity index (χ1n) is 8.76. The summed E-state index contributed by atoms with van der Waals surface area (Å²) in [4.78, 5) is 0. The molecule has 1 heterocycles. The summed E-state index contributed by atoms with van der Waals surface area (Å²) in [6, 6.07) is 15.5. The van der Waals surface area contributed by atoms with Crippen molar-refractivity contribution in [3.8, 4) is 16.9 Å². The zero-order valence-electron chi connectivity index (χ0n) is 15.6. The quantitative estimate of drug-likeness (QED) is 0.537. The van der Waals surface area contributed by atoms with Gasteiger partial charge in [0.1, 0.15) is 0 Å². The van der Waals surface area contributed by atoms with Crippen LogP contribution in [-0.2, 0) is 17.3 Å². The summed E-state index contributed by atoms with van der Waals surface area (Å²) in [6.07, 6.45) is -3.59. The van der Waals surface area contributed by atoms with Crippen molar-refractivity contribution in [1.82, 2.24) is 4.57 Å². The fourth-order valence-corrected chi connectivity index (χ4v) is 3.19. The number of methoxy groups -OCH3 is 1. The van der Waals surface area contributed by atoms with E-state index in [0.717, 1.165) is 46.6 Å². The Morgan fingerprint density at radius 1 is 0.926 bits per heavy atom. The first-order chi connectivity index (χ1) is 12.8. The maximum absolute atomic E-state index is 12.9. The highest BCUT2D eigenvalue weighted by atomic mass is 19.4. The molecule has 2 aromatic carbocycles. The van der Waals surface area contributed by atoms with Crippen LogP contribution in [0.3, 0.4) is 0 Å². The van der Waals surface area contributed by atoms with Crippen molar-refractivity contribution in [1.29, 1.82) is 0 Å². The van der Waals surface area contributed by atoms with E-state index < -0.39 is 11.7 Å². The Kier molecular flexibility index (Phi) is 5.42. The van der Waals surface area contributed by atoms with Crippen LogP contribution in [-0.4, -0.2) is 18.3 Å². The van der Waals surface area contributed by atoms with Crippen LogP contribution in [0, 0.1) is 13.8 Å². The summed E-state index contributed by atoms with van der Waals surface area (Å²) in [5.41, 5.74) is 5.32. The minimum atomic E-state index is -4.34. The van der Waals surface area contributed by atoms with Gasteiger partial charge in [-0.3, -0.25) is 0 Å². The van der Waals surface area contributed by atoms with Crippen molar-refractivity contribution in [2.45, 2.75) is 26.4 Å². The van der Waals surface area contributed by atoms with Gasteiger partial charge in [0.25, 0.3) is 0 Å². The van der Waals surface area contributed by atoms with Gasteiger partial charge in [0.15, 0.2) is 0 Å². The molecule has 3 rings (SSSR count). The Hall–Kier alpha value is -2.53. The number of halogens is 3. The van der Waals surface area contributed by atoms with Crippen LogP contribution < -0.4 is 0 Å². The van der Waals surface area contributed by atoms with E-state index in [2.05, 4.69) is 6.07 Å². The van der Waals surface area contributed by atoms with Gasteiger partial charge in [0, 0.05) is 18.5 Å². The van der Waals surface area contributed by atoms with Gasteiger partial charge in [0.2, 0.25) is 0 Å². The molecule has 0 fully saturated rings. The average Bonchev–Trinajstić information content (AvgIpc) is 2.96. The number of alkyl halides is 3. The lowest BCUT2D eigenvalue weighted by Gasteiger charge is -2.14. The second kappa shape index (κ2) is 7.61. The fraction of sp³-hybridized carbons (Fsp3) is 0.273. The predicted octanol–water partition coefficient (Wildman–Crippen LogP) is 5.97. The van der Waals surface area contributed by atoms with E-state index in [-0.39, 0.29) is 0 Å². The fourth-order valence-electron chi connectivity index (χ4n) is 3.19. The number of hydrogen-bond donors (Lipinski definition) is 0. The Labute approximate surface area is 157 Å². The highest BCUT2D eigenvalue weighted by Crippen LogP contribution is 2.33. The molecule has 0 aliphatic rings. The molecule has 0 spiro atoms. The maximum atomic E-state index is 12.9. The van der Waals surface area contributed by atoms with Crippen molar-refractivity contribution in [2.24, 2.45) is 0 Å². The maximum Gasteiger partial charge on any atom is 0.416 e. The predicted molar refractivity (Wildman–Crippen MR) is 101 cm³/mol. The van der Waals surface area contributed by atoms with E-state index in [0.29, 0.717) is 12.3 Å². The lowest BCUT2D eigenvalue weighted by Crippen LogP contribution is -2.06. The summed E-state index contributed by atoms with van der Waals surface area (Å²) in [5, 5.41) is 0. The standard InChI is InChI=1S/C22H22F3NO/c1-15-4-6-17(7-5-15)21-14-18(12-13-27-3)16(2)26(21)20-10-8-19(9-11-20)22(23,24)25/h4-11,14H,12-13H2,1-3H3. The molecule has 0 aliphatic carbocycles. The largest absolute Gasteiger partial charge is 0.416 e. The average molecular weight is 373 g/mol. The van der Waals surface area contributed by atoms with Gasteiger partial charge in [0.05, 0.1) is 17.9 Å². The van der Waals surface area contributed by atoms with E-state index in [1.165, 1.54) is 12.1 Å². The summed E-state index contributed by atoms with van der Waals surface area (Å²) in [6.45, 7) is 4.60. The Balaban J connectivity index is 2.12. The van der Waals surface area contributed by atoms with E-state index in [4.69, 9.17) is 4.74 Å². The third kappa shape index (κ3) is 4.08. The molecule has 0 amide bonds. The van der Waals surface area contributed by atoms with Gasteiger partial charge in [-0.25, -0.2) is 0 Å². The molecule has 0 saturated carbocycles. The lowest BCUT2D eigenvalue weighted by atomic mass is 10.1. The number of nitrogens with zero attached hydrogens (tertiary/aromatic N) is 1. The normalized spacial score (nSPS) is 11.8. The Bertz CT molecular complexity index is 906. The van der Waals surface area contributed by atoms with Gasteiger partial charge in [-0.15, -0.1) is 0 Å². The van der Waals surface area contributed by atoms with Crippen LogP contribution in [0.15, 0.2) is 54.6 Å². The van der Waals surface area contributed by atoms with Crippen molar-refractivity contribution in [2.75, 3.05) is 13.7 Å². The molecule has 0 atom stereocenters. The van der Waals surface area contributed by atoms with E-state index in [1.807, 2.05) is 42.7 Å². The number of ether oxygens (including phenoxy) is 1. The van der Waals surface area contributed by atoms with Crippen molar-refractivity contribution in [3.05, 3.63) is 77.0 Å². The highest BCUT2D eigenvalue weighted by molar-refractivity contribution is 5.66. The first-order valence-corrected chi connectivity index (χ1v) is 8.76. The second-order valence-electron chi connectivity index (χ2n) is 6.63. The van der Waals surface area contributed by atoms with Gasteiger partial charge >= 0.3 is 6.18 Å². The molecule has 142 valence electrons. The molecule has 0 aliphatic heterocycles. The molecule has 1 aromatic heterocycles. The number of aryl methyl sites for hydroxylation is 1. The van der Waals surface area contributed by atoms with Crippen LogP contribution in [0.4, 0.5) is 13.2 Å². The molecule has 3 aromatic rings. The van der Waals surface area contributed by atoms with Crippen molar-refractivity contribution >= 4 is 0 Å². The molecule has 0 bridgehead atoms. The minimum absolute atomic E-state index is 0.588. The molecule has 0 N–H and O–H groups in total. The van der Waals surface area contributed by atoms with Crippen molar-refractivity contribution < 1.29 is 17.9 Å². The van der Waals surface area contributed by atoms with Crippen molar-refractivity contribution in [3.63, 3.8) is 0 Å².